The van der Waals surface area contributed by atoms with E-state index in [4.69, 9.17) is 27.7 Å². The van der Waals surface area contributed by atoms with Crippen LogP contribution in [0.5, 0.6) is 0 Å². The Labute approximate surface area is 131 Å². The summed E-state index contributed by atoms with van der Waals surface area (Å²) in [7, 11) is 0. The first-order valence-corrected chi connectivity index (χ1v) is 8.22. The Bertz CT molecular complexity index is 579. The zero-order chi connectivity index (χ0) is 13.9. The summed E-state index contributed by atoms with van der Waals surface area (Å²) in [5.74, 6) is 3.39. The normalized spacial score (nSPS) is 19.2. The van der Waals surface area contributed by atoms with Gasteiger partial charge in [0, 0.05) is 46.1 Å². The fourth-order valence-electron chi connectivity index (χ4n) is 2.10. The third kappa shape index (κ3) is 3.47. The van der Waals surface area contributed by atoms with Gasteiger partial charge < -0.3 is 9.84 Å². The lowest BCUT2D eigenvalue weighted by Gasteiger charge is -2.21. The van der Waals surface area contributed by atoms with Crippen molar-refractivity contribution >= 4 is 35.0 Å². The van der Waals surface area contributed by atoms with Gasteiger partial charge in [0.1, 0.15) is 0 Å². The highest BCUT2D eigenvalue weighted by Gasteiger charge is 2.18. The highest BCUT2D eigenvalue weighted by Crippen LogP contribution is 2.25. The Balaban J connectivity index is 1.75. The first-order chi connectivity index (χ1) is 9.70. The molecule has 1 N–H and O–H groups in total. The van der Waals surface area contributed by atoms with E-state index < -0.39 is 0 Å². The Morgan fingerprint density at radius 1 is 1.30 bits per heavy atom. The number of hydrogen-bond donors (Lipinski definition) is 1. The van der Waals surface area contributed by atoms with Gasteiger partial charge in [-0.05, 0) is 18.2 Å². The summed E-state index contributed by atoms with van der Waals surface area (Å²) in [6.07, 6.45) is 0.744. The van der Waals surface area contributed by atoms with Crippen molar-refractivity contribution in [1.82, 2.24) is 15.5 Å². The lowest BCUT2D eigenvalue weighted by atomic mass is 10.2. The molecule has 1 atom stereocenters. The van der Waals surface area contributed by atoms with Crippen LogP contribution in [0.3, 0.4) is 0 Å². The van der Waals surface area contributed by atoms with Crippen LogP contribution in [-0.2, 0) is 6.42 Å². The summed E-state index contributed by atoms with van der Waals surface area (Å²) in [6, 6.07) is 5.62. The number of hydrogen-bond acceptors (Lipinski definition) is 5. The molecule has 20 heavy (non-hydrogen) atoms. The maximum atomic E-state index is 5.98. The third-order valence-electron chi connectivity index (χ3n) is 3.01. The SMILES string of the molecule is Clc1cc(Cl)cc(-c2noc(CC3CSCCN3)n2)c1. The third-order valence-corrected chi connectivity index (χ3v) is 4.58. The predicted octanol–water partition coefficient (Wildman–Crippen LogP) is 3.29. The van der Waals surface area contributed by atoms with Crippen LogP contribution < -0.4 is 5.32 Å². The molecule has 7 heteroatoms. The second-order valence-corrected chi connectivity index (χ2v) is 6.62. The fourth-order valence-corrected chi connectivity index (χ4v) is 3.57. The van der Waals surface area contributed by atoms with Crippen molar-refractivity contribution in [3.8, 4) is 11.4 Å². The van der Waals surface area contributed by atoms with Crippen LogP contribution in [0, 0.1) is 0 Å². The van der Waals surface area contributed by atoms with Gasteiger partial charge >= 0.3 is 0 Å². The van der Waals surface area contributed by atoms with Crippen molar-refractivity contribution in [1.29, 1.82) is 0 Å². The van der Waals surface area contributed by atoms with Crippen LogP contribution in [0.4, 0.5) is 0 Å². The second kappa shape index (κ2) is 6.35. The van der Waals surface area contributed by atoms with E-state index in [2.05, 4.69) is 15.5 Å². The van der Waals surface area contributed by atoms with Crippen LogP contribution in [-0.4, -0.2) is 34.2 Å². The Morgan fingerprint density at radius 3 is 2.80 bits per heavy atom. The Kier molecular flexibility index (Phi) is 4.51. The maximum absolute atomic E-state index is 5.98. The van der Waals surface area contributed by atoms with E-state index >= 15 is 0 Å². The molecule has 1 fully saturated rings. The molecule has 0 spiro atoms. The lowest BCUT2D eigenvalue weighted by molar-refractivity contribution is 0.363. The van der Waals surface area contributed by atoms with E-state index in [9.17, 15) is 0 Å². The zero-order valence-corrected chi connectivity index (χ0v) is 12.9. The molecule has 1 aliphatic heterocycles. The van der Waals surface area contributed by atoms with E-state index in [0.29, 0.717) is 27.8 Å². The number of thioether (sulfide) groups is 1. The molecule has 3 rings (SSSR count). The molecule has 0 bridgehead atoms. The van der Waals surface area contributed by atoms with Crippen molar-refractivity contribution in [2.24, 2.45) is 0 Å². The Morgan fingerprint density at radius 2 is 2.10 bits per heavy atom. The van der Waals surface area contributed by atoms with Gasteiger partial charge in [0.05, 0.1) is 0 Å². The van der Waals surface area contributed by atoms with Gasteiger partial charge in [0.2, 0.25) is 11.7 Å². The molecule has 0 saturated carbocycles. The van der Waals surface area contributed by atoms with Crippen LogP contribution in [0.25, 0.3) is 11.4 Å². The van der Waals surface area contributed by atoms with Gasteiger partial charge in [-0.25, -0.2) is 0 Å². The highest BCUT2D eigenvalue weighted by molar-refractivity contribution is 7.99. The van der Waals surface area contributed by atoms with Gasteiger partial charge in [-0.2, -0.15) is 16.7 Å². The van der Waals surface area contributed by atoms with E-state index in [1.807, 2.05) is 11.8 Å². The molecular formula is C13H13Cl2N3OS. The van der Waals surface area contributed by atoms with Gasteiger partial charge in [0.25, 0.3) is 0 Å². The van der Waals surface area contributed by atoms with Gasteiger partial charge in [0.15, 0.2) is 0 Å². The number of nitrogens with zero attached hydrogens (tertiary/aromatic N) is 2. The molecule has 1 aliphatic rings. The minimum absolute atomic E-state index is 0.394. The van der Waals surface area contributed by atoms with E-state index in [1.54, 1.807) is 18.2 Å². The summed E-state index contributed by atoms with van der Waals surface area (Å²) in [5.41, 5.74) is 0.767. The van der Waals surface area contributed by atoms with Crippen LogP contribution in [0.15, 0.2) is 22.7 Å². The van der Waals surface area contributed by atoms with Gasteiger partial charge in [-0.1, -0.05) is 28.4 Å². The minimum atomic E-state index is 0.394. The number of nitrogens with one attached hydrogen (secondary N) is 1. The Hall–Kier alpha value is -0.750. The maximum Gasteiger partial charge on any atom is 0.228 e. The first kappa shape index (κ1) is 14.2. The average Bonchev–Trinajstić information content (AvgIpc) is 2.87. The molecule has 4 nitrogen and oxygen atoms in total. The quantitative estimate of drug-likeness (QED) is 0.936. The average molecular weight is 330 g/mol. The number of benzene rings is 1. The monoisotopic (exact) mass is 329 g/mol. The van der Waals surface area contributed by atoms with Crippen LogP contribution >= 0.6 is 35.0 Å². The van der Waals surface area contributed by atoms with Crippen molar-refractivity contribution in [3.05, 3.63) is 34.1 Å². The predicted molar refractivity (Wildman–Crippen MR) is 82.6 cm³/mol. The molecule has 1 aromatic carbocycles. The lowest BCUT2D eigenvalue weighted by Crippen LogP contribution is -2.38. The van der Waals surface area contributed by atoms with E-state index in [-0.39, 0.29) is 0 Å². The largest absolute Gasteiger partial charge is 0.339 e. The van der Waals surface area contributed by atoms with Crippen molar-refractivity contribution in [3.63, 3.8) is 0 Å². The van der Waals surface area contributed by atoms with E-state index in [0.717, 1.165) is 30.0 Å². The van der Waals surface area contributed by atoms with Gasteiger partial charge in [-0.15, -0.1) is 0 Å². The highest BCUT2D eigenvalue weighted by atomic mass is 35.5. The van der Waals surface area contributed by atoms with Crippen molar-refractivity contribution < 1.29 is 4.52 Å². The number of rotatable bonds is 3. The molecule has 1 saturated heterocycles. The van der Waals surface area contributed by atoms with Gasteiger partial charge in [-0.3, -0.25) is 0 Å². The second-order valence-electron chi connectivity index (χ2n) is 4.60. The number of aromatic nitrogens is 2. The standard InChI is InChI=1S/C13H13Cl2N3OS/c14-9-3-8(4-10(15)5-9)13-17-12(19-18-13)6-11-7-20-2-1-16-11/h3-5,11,16H,1-2,6-7H2. The van der Waals surface area contributed by atoms with E-state index in [1.165, 1.54) is 0 Å². The summed E-state index contributed by atoms with van der Waals surface area (Å²) in [5, 5.41) is 8.56. The summed E-state index contributed by atoms with van der Waals surface area (Å²) in [6.45, 7) is 1.03. The summed E-state index contributed by atoms with van der Waals surface area (Å²) < 4.78 is 5.31. The zero-order valence-electron chi connectivity index (χ0n) is 10.6. The van der Waals surface area contributed by atoms with Crippen molar-refractivity contribution in [2.45, 2.75) is 12.5 Å². The molecule has 1 aromatic heterocycles. The molecule has 106 valence electrons. The molecule has 1 unspecified atom stereocenters. The van der Waals surface area contributed by atoms with Crippen LogP contribution in [0.2, 0.25) is 10.0 Å². The van der Waals surface area contributed by atoms with Crippen molar-refractivity contribution in [2.75, 3.05) is 18.1 Å². The number of halogens is 2. The smallest absolute Gasteiger partial charge is 0.228 e. The summed E-state index contributed by atoms with van der Waals surface area (Å²) >= 11 is 13.9. The first-order valence-electron chi connectivity index (χ1n) is 6.31. The minimum Gasteiger partial charge on any atom is -0.339 e. The topological polar surface area (TPSA) is 51.0 Å². The molecule has 2 aromatic rings. The summed E-state index contributed by atoms with van der Waals surface area (Å²) in [4.78, 5) is 4.41. The molecular weight excluding hydrogens is 317 g/mol. The molecule has 2 heterocycles. The molecule has 0 amide bonds. The fraction of sp³-hybridized carbons (Fsp3) is 0.385. The molecule has 0 radical (unpaired) electrons. The van der Waals surface area contributed by atoms with Crippen LogP contribution in [0.1, 0.15) is 5.89 Å². The molecule has 0 aliphatic carbocycles.